The third-order valence-corrected chi connectivity index (χ3v) is 4.12. The average Bonchev–Trinajstić information content (AvgIpc) is 2.95. The molecule has 0 bridgehead atoms. The van der Waals surface area contributed by atoms with E-state index in [9.17, 15) is 4.79 Å². The van der Waals surface area contributed by atoms with Crippen molar-refractivity contribution >= 4 is 11.8 Å². The van der Waals surface area contributed by atoms with Gasteiger partial charge in [0.25, 0.3) is 0 Å². The summed E-state index contributed by atoms with van der Waals surface area (Å²) in [5.74, 6) is 1.24. The Hall–Kier alpha value is -2.49. The second kappa shape index (κ2) is 4.00. The summed E-state index contributed by atoms with van der Waals surface area (Å²) in [6.07, 6.45) is -0.206. The maximum absolute atomic E-state index is 10.9. The van der Waals surface area contributed by atoms with Crippen molar-refractivity contribution in [3.8, 4) is 5.75 Å². The number of carbonyl (C=O) groups is 1. The number of benzene rings is 2. The molecule has 0 radical (unpaired) electrons. The Kier molecular flexibility index (Phi) is 2.27. The van der Waals surface area contributed by atoms with Gasteiger partial charge in [0.15, 0.2) is 0 Å². The van der Waals surface area contributed by atoms with E-state index in [1.54, 1.807) is 6.07 Å². The van der Waals surface area contributed by atoms with Gasteiger partial charge in [0, 0.05) is 17.2 Å². The predicted octanol–water partition coefficient (Wildman–Crippen LogP) is 3.55. The molecule has 1 aliphatic carbocycles. The molecule has 2 N–H and O–H groups in total. The lowest BCUT2D eigenvalue weighted by Gasteiger charge is -2.12. The van der Waals surface area contributed by atoms with E-state index in [4.69, 9.17) is 9.84 Å². The van der Waals surface area contributed by atoms with Crippen LogP contribution in [0.1, 0.15) is 28.7 Å². The van der Waals surface area contributed by atoms with Gasteiger partial charge in [-0.1, -0.05) is 30.3 Å². The highest BCUT2D eigenvalue weighted by Gasteiger charge is 2.42. The molecule has 2 unspecified atom stereocenters. The Morgan fingerprint density at radius 3 is 2.80 bits per heavy atom. The van der Waals surface area contributed by atoms with E-state index in [2.05, 4.69) is 11.4 Å². The van der Waals surface area contributed by atoms with E-state index >= 15 is 0 Å². The molecule has 4 rings (SSSR count). The molecule has 2 aromatic rings. The van der Waals surface area contributed by atoms with Gasteiger partial charge < -0.3 is 9.84 Å². The van der Waals surface area contributed by atoms with Crippen LogP contribution in [0.15, 0.2) is 42.5 Å². The van der Waals surface area contributed by atoms with Gasteiger partial charge in [0.05, 0.1) is 0 Å². The fourth-order valence-corrected chi connectivity index (χ4v) is 3.32. The standard InChI is InChI=1S/C16H13NO3/c18-16(19)17-13-6-3-5-10-11(13)8-12-9-4-1-2-7-14(9)20-15(10)12/h1-7,12,15,17H,8H2,(H,18,19). The van der Waals surface area contributed by atoms with Gasteiger partial charge in [-0.05, 0) is 29.7 Å². The Morgan fingerprint density at radius 1 is 1.15 bits per heavy atom. The first kappa shape index (κ1) is 11.3. The highest BCUT2D eigenvalue weighted by molar-refractivity contribution is 5.84. The van der Waals surface area contributed by atoms with Crippen molar-refractivity contribution in [3.05, 3.63) is 59.2 Å². The van der Waals surface area contributed by atoms with Crippen molar-refractivity contribution in [3.63, 3.8) is 0 Å². The number of carboxylic acid groups (broad SMARTS) is 1. The molecule has 100 valence electrons. The molecular formula is C16H13NO3. The van der Waals surface area contributed by atoms with Gasteiger partial charge >= 0.3 is 6.09 Å². The van der Waals surface area contributed by atoms with Crippen LogP contribution in [0.25, 0.3) is 0 Å². The summed E-state index contributed by atoms with van der Waals surface area (Å²) in [5, 5.41) is 11.4. The van der Waals surface area contributed by atoms with Crippen molar-refractivity contribution in [2.75, 3.05) is 5.32 Å². The molecule has 0 aromatic heterocycles. The smallest absolute Gasteiger partial charge is 0.409 e. The van der Waals surface area contributed by atoms with Crippen LogP contribution >= 0.6 is 0 Å². The molecule has 2 aliphatic rings. The zero-order chi connectivity index (χ0) is 13.7. The van der Waals surface area contributed by atoms with Crippen LogP contribution in [-0.4, -0.2) is 11.2 Å². The van der Waals surface area contributed by atoms with Gasteiger partial charge in [-0.25, -0.2) is 4.79 Å². The summed E-state index contributed by atoms with van der Waals surface area (Å²) in [6.45, 7) is 0. The first-order chi connectivity index (χ1) is 9.74. The first-order valence-corrected chi connectivity index (χ1v) is 6.61. The van der Waals surface area contributed by atoms with Gasteiger partial charge in [0.2, 0.25) is 0 Å². The molecule has 1 amide bonds. The molecule has 2 aromatic carbocycles. The summed E-state index contributed by atoms with van der Waals surface area (Å²) >= 11 is 0. The number of nitrogens with one attached hydrogen (secondary N) is 1. The molecule has 20 heavy (non-hydrogen) atoms. The van der Waals surface area contributed by atoms with Crippen molar-refractivity contribution in [2.45, 2.75) is 18.4 Å². The lowest BCUT2D eigenvalue weighted by Crippen LogP contribution is -2.09. The number of amides is 1. The number of ether oxygens (including phenoxy) is 1. The Balaban J connectivity index is 1.77. The minimum absolute atomic E-state index is 0.0120. The van der Waals surface area contributed by atoms with Crippen molar-refractivity contribution in [1.29, 1.82) is 0 Å². The predicted molar refractivity (Wildman–Crippen MR) is 74.3 cm³/mol. The van der Waals surface area contributed by atoms with E-state index in [1.807, 2.05) is 30.3 Å². The van der Waals surface area contributed by atoms with Crippen LogP contribution < -0.4 is 10.1 Å². The van der Waals surface area contributed by atoms with E-state index in [1.165, 1.54) is 5.56 Å². The monoisotopic (exact) mass is 267 g/mol. The van der Waals surface area contributed by atoms with Gasteiger partial charge in [0.1, 0.15) is 11.9 Å². The van der Waals surface area contributed by atoms with Crippen molar-refractivity contribution in [2.24, 2.45) is 0 Å². The highest BCUT2D eigenvalue weighted by atomic mass is 16.5. The fourth-order valence-electron chi connectivity index (χ4n) is 3.32. The number of para-hydroxylation sites is 1. The second-order valence-corrected chi connectivity index (χ2v) is 5.19. The van der Waals surface area contributed by atoms with Crippen LogP contribution in [0, 0.1) is 0 Å². The lowest BCUT2D eigenvalue weighted by molar-refractivity contribution is 0.209. The number of hydrogen-bond donors (Lipinski definition) is 2. The zero-order valence-corrected chi connectivity index (χ0v) is 10.7. The zero-order valence-electron chi connectivity index (χ0n) is 10.7. The molecule has 0 fully saturated rings. The molecule has 0 saturated heterocycles. The normalized spacial score (nSPS) is 21.6. The Bertz CT molecular complexity index is 711. The Morgan fingerprint density at radius 2 is 1.95 bits per heavy atom. The Labute approximate surface area is 116 Å². The van der Waals surface area contributed by atoms with Crippen LogP contribution in [0.4, 0.5) is 10.5 Å². The second-order valence-electron chi connectivity index (χ2n) is 5.19. The number of anilines is 1. The average molecular weight is 267 g/mol. The molecule has 0 spiro atoms. The molecule has 0 saturated carbocycles. The maximum atomic E-state index is 10.9. The van der Waals surface area contributed by atoms with E-state index in [-0.39, 0.29) is 12.0 Å². The summed E-state index contributed by atoms with van der Waals surface area (Å²) in [4.78, 5) is 10.9. The molecule has 2 atom stereocenters. The summed E-state index contributed by atoms with van der Waals surface area (Å²) in [7, 11) is 0. The molecule has 4 nitrogen and oxygen atoms in total. The summed E-state index contributed by atoms with van der Waals surface area (Å²) in [5.41, 5.74) is 4.04. The van der Waals surface area contributed by atoms with E-state index in [0.29, 0.717) is 5.69 Å². The number of fused-ring (bicyclic) bond motifs is 5. The fraction of sp³-hybridized carbons (Fsp3) is 0.188. The SMILES string of the molecule is O=C(O)Nc1cccc2c1CC1c3ccccc3OC21. The summed E-state index contributed by atoms with van der Waals surface area (Å²) in [6, 6.07) is 13.8. The quantitative estimate of drug-likeness (QED) is 0.830. The third-order valence-electron chi connectivity index (χ3n) is 4.12. The molecule has 1 aliphatic heterocycles. The van der Waals surface area contributed by atoms with Crippen LogP contribution in [0.2, 0.25) is 0 Å². The van der Waals surface area contributed by atoms with Gasteiger partial charge in [-0.15, -0.1) is 0 Å². The topological polar surface area (TPSA) is 58.6 Å². The number of rotatable bonds is 1. The van der Waals surface area contributed by atoms with Crippen LogP contribution in [0.5, 0.6) is 5.75 Å². The van der Waals surface area contributed by atoms with Gasteiger partial charge in [-0.3, -0.25) is 5.32 Å². The van der Waals surface area contributed by atoms with Crippen LogP contribution in [-0.2, 0) is 6.42 Å². The minimum Gasteiger partial charge on any atom is -0.485 e. The third kappa shape index (κ3) is 1.51. The van der Waals surface area contributed by atoms with E-state index < -0.39 is 6.09 Å². The molecular weight excluding hydrogens is 254 g/mol. The highest BCUT2D eigenvalue weighted by Crippen LogP contribution is 2.53. The van der Waals surface area contributed by atoms with Crippen LogP contribution in [0.3, 0.4) is 0 Å². The lowest BCUT2D eigenvalue weighted by atomic mass is 9.96. The summed E-state index contributed by atoms with van der Waals surface area (Å²) < 4.78 is 6.04. The largest absolute Gasteiger partial charge is 0.485 e. The minimum atomic E-state index is -1.03. The molecule has 4 heteroatoms. The van der Waals surface area contributed by atoms with Crippen molar-refractivity contribution < 1.29 is 14.6 Å². The van der Waals surface area contributed by atoms with E-state index in [0.717, 1.165) is 23.3 Å². The van der Waals surface area contributed by atoms with Crippen molar-refractivity contribution in [1.82, 2.24) is 0 Å². The number of hydrogen-bond acceptors (Lipinski definition) is 2. The van der Waals surface area contributed by atoms with Gasteiger partial charge in [-0.2, -0.15) is 0 Å². The first-order valence-electron chi connectivity index (χ1n) is 6.61. The maximum Gasteiger partial charge on any atom is 0.409 e. The molecule has 1 heterocycles.